The van der Waals surface area contributed by atoms with E-state index in [0.29, 0.717) is 5.75 Å². The molecule has 0 aromatic heterocycles. The van der Waals surface area contributed by atoms with Crippen molar-refractivity contribution < 1.29 is 9.13 Å². The summed E-state index contributed by atoms with van der Waals surface area (Å²) in [5.41, 5.74) is 6.25. The van der Waals surface area contributed by atoms with Crippen molar-refractivity contribution >= 4 is 0 Å². The highest BCUT2D eigenvalue weighted by Gasteiger charge is 2.04. The molecule has 66 valence electrons. The fraction of sp³-hybridized carbons (Fsp3) is 0.333. The number of methoxy groups -OCH3 is 1. The van der Waals surface area contributed by atoms with E-state index in [2.05, 4.69) is 0 Å². The van der Waals surface area contributed by atoms with E-state index in [-0.39, 0.29) is 0 Å². The van der Waals surface area contributed by atoms with Crippen molar-refractivity contribution in [3.63, 3.8) is 0 Å². The number of rotatable bonds is 3. The first-order valence-electron chi connectivity index (χ1n) is 3.73. The van der Waals surface area contributed by atoms with Crippen molar-refractivity contribution in [2.75, 3.05) is 13.8 Å². The topological polar surface area (TPSA) is 35.2 Å². The maximum Gasteiger partial charge on any atom is 0.119 e. The Morgan fingerprint density at radius 2 is 2.33 bits per heavy atom. The number of benzene rings is 1. The monoisotopic (exact) mass is 169 g/mol. The fourth-order valence-electron chi connectivity index (χ4n) is 0.961. The maximum absolute atomic E-state index is 12.1. The highest BCUT2D eigenvalue weighted by molar-refractivity contribution is 5.30. The van der Waals surface area contributed by atoms with Gasteiger partial charge in [0.05, 0.1) is 13.2 Å². The highest BCUT2D eigenvalue weighted by atomic mass is 19.1. The Morgan fingerprint density at radius 3 is 2.92 bits per heavy atom. The van der Waals surface area contributed by atoms with Crippen LogP contribution in [0.3, 0.4) is 0 Å². The summed E-state index contributed by atoms with van der Waals surface area (Å²) >= 11 is 0. The van der Waals surface area contributed by atoms with Gasteiger partial charge in [0.2, 0.25) is 0 Å². The minimum atomic E-state index is -0.548. The SMILES string of the molecule is COc1cccc(C(N)CF)c1. The Bertz CT molecular complexity index is 252. The Hall–Kier alpha value is -1.09. The van der Waals surface area contributed by atoms with Crippen LogP contribution < -0.4 is 10.5 Å². The van der Waals surface area contributed by atoms with E-state index in [0.717, 1.165) is 5.56 Å². The summed E-state index contributed by atoms with van der Waals surface area (Å²) < 4.78 is 17.1. The molecule has 1 aromatic carbocycles. The minimum absolute atomic E-state index is 0.542. The highest BCUT2D eigenvalue weighted by Crippen LogP contribution is 2.17. The third-order valence-electron chi connectivity index (χ3n) is 1.69. The maximum atomic E-state index is 12.1. The zero-order chi connectivity index (χ0) is 8.97. The summed E-state index contributed by atoms with van der Waals surface area (Å²) in [6, 6.07) is 6.58. The van der Waals surface area contributed by atoms with Crippen LogP contribution in [0.25, 0.3) is 0 Å². The number of halogens is 1. The molecule has 1 rings (SSSR count). The van der Waals surface area contributed by atoms with Gasteiger partial charge in [0, 0.05) is 0 Å². The van der Waals surface area contributed by atoms with Crippen LogP contribution in [0.2, 0.25) is 0 Å². The summed E-state index contributed by atoms with van der Waals surface area (Å²) in [6.45, 7) is -0.548. The van der Waals surface area contributed by atoms with Gasteiger partial charge in [-0.3, -0.25) is 0 Å². The molecule has 0 spiro atoms. The van der Waals surface area contributed by atoms with Gasteiger partial charge in [0.1, 0.15) is 12.4 Å². The molecule has 2 N–H and O–H groups in total. The number of alkyl halides is 1. The predicted molar refractivity (Wildman–Crippen MR) is 45.9 cm³/mol. The molecule has 0 amide bonds. The van der Waals surface area contributed by atoms with Crippen molar-refractivity contribution in [3.05, 3.63) is 29.8 Å². The fourth-order valence-corrected chi connectivity index (χ4v) is 0.961. The Balaban J connectivity index is 2.86. The van der Waals surface area contributed by atoms with E-state index >= 15 is 0 Å². The van der Waals surface area contributed by atoms with E-state index in [1.54, 1.807) is 31.4 Å². The lowest BCUT2D eigenvalue weighted by Crippen LogP contribution is -2.11. The molecule has 0 aliphatic carbocycles. The molecule has 2 nitrogen and oxygen atoms in total. The van der Waals surface area contributed by atoms with Gasteiger partial charge in [-0.1, -0.05) is 12.1 Å². The van der Waals surface area contributed by atoms with Crippen LogP contribution in [0.1, 0.15) is 11.6 Å². The molecular weight excluding hydrogens is 157 g/mol. The number of hydrogen-bond acceptors (Lipinski definition) is 2. The normalized spacial score (nSPS) is 12.6. The predicted octanol–water partition coefficient (Wildman–Crippen LogP) is 1.66. The van der Waals surface area contributed by atoms with Crippen LogP contribution in [-0.2, 0) is 0 Å². The van der Waals surface area contributed by atoms with Crippen molar-refractivity contribution in [1.82, 2.24) is 0 Å². The molecule has 0 saturated carbocycles. The van der Waals surface area contributed by atoms with Crippen LogP contribution in [0.15, 0.2) is 24.3 Å². The quantitative estimate of drug-likeness (QED) is 0.746. The third-order valence-corrected chi connectivity index (χ3v) is 1.69. The van der Waals surface area contributed by atoms with E-state index in [4.69, 9.17) is 10.5 Å². The average Bonchev–Trinajstić information content (AvgIpc) is 2.17. The molecular formula is C9H12FNO. The van der Waals surface area contributed by atoms with Crippen LogP contribution in [0, 0.1) is 0 Å². The Labute approximate surface area is 71.1 Å². The van der Waals surface area contributed by atoms with Crippen molar-refractivity contribution in [2.45, 2.75) is 6.04 Å². The molecule has 1 aromatic rings. The second-order valence-corrected chi connectivity index (χ2v) is 2.54. The van der Waals surface area contributed by atoms with Crippen LogP contribution in [0.5, 0.6) is 5.75 Å². The Morgan fingerprint density at radius 1 is 1.58 bits per heavy atom. The molecule has 12 heavy (non-hydrogen) atoms. The number of hydrogen-bond donors (Lipinski definition) is 1. The first-order chi connectivity index (χ1) is 5.77. The first-order valence-corrected chi connectivity index (χ1v) is 3.73. The first kappa shape index (κ1) is 9.00. The zero-order valence-electron chi connectivity index (χ0n) is 6.96. The van der Waals surface area contributed by atoms with Crippen LogP contribution >= 0.6 is 0 Å². The third kappa shape index (κ3) is 1.95. The molecule has 0 aliphatic rings. The van der Waals surface area contributed by atoms with E-state index in [1.807, 2.05) is 0 Å². The van der Waals surface area contributed by atoms with Crippen LogP contribution in [0.4, 0.5) is 4.39 Å². The lowest BCUT2D eigenvalue weighted by Gasteiger charge is -2.08. The summed E-state index contributed by atoms with van der Waals surface area (Å²) in [4.78, 5) is 0. The van der Waals surface area contributed by atoms with Crippen LogP contribution in [-0.4, -0.2) is 13.8 Å². The van der Waals surface area contributed by atoms with Crippen molar-refractivity contribution in [3.8, 4) is 5.75 Å². The zero-order valence-corrected chi connectivity index (χ0v) is 6.96. The second-order valence-electron chi connectivity index (χ2n) is 2.54. The summed E-state index contributed by atoms with van der Waals surface area (Å²) in [6.07, 6.45) is 0. The molecule has 0 saturated heterocycles. The van der Waals surface area contributed by atoms with Crippen molar-refractivity contribution in [1.29, 1.82) is 0 Å². The van der Waals surface area contributed by atoms with Gasteiger partial charge in [-0.15, -0.1) is 0 Å². The van der Waals surface area contributed by atoms with Gasteiger partial charge in [-0.2, -0.15) is 0 Å². The molecule has 0 aliphatic heterocycles. The van der Waals surface area contributed by atoms with Gasteiger partial charge in [-0.05, 0) is 17.7 Å². The molecule has 0 radical (unpaired) electrons. The number of ether oxygens (including phenoxy) is 1. The van der Waals surface area contributed by atoms with Gasteiger partial charge < -0.3 is 10.5 Å². The summed E-state index contributed by atoms with van der Waals surface area (Å²) in [5, 5.41) is 0. The van der Waals surface area contributed by atoms with E-state index in [1.165, 1.54) is 0 Å². The molecule has 1 atom stereocenters. The Kier molecular flexibility index (Phi) is 3.05. The molecule has 0 heterocycles. The van der Waals surface area contributed by atoms with Gasteiger partial charge in [0.25, 0.3) is 0 Å². The van der Waals surface area contributed by atoms with Gasteiger partial charge in [-0.25, -0.2) is 4.39 Å². The smallest absolute Gasteiger partial charge is 0.119 e. The largest absolute Gasteiger partial charge is 0.497 e. The number of nitrogens with two attached hydrogens (primary N) is 1. The van der Waals surface area contributed by atoms with Gasteiger partial charge in [0.15, 0.2) is 0 Å². The van der Waals surface area contributed by atoms with Gasteiger partial charge >= 0.3 is 0 Å². The lowest BCUT2D eigenvalue weighted by molar-refractivity contribution is 0.410. The van der Waals surface area contributed by atoms with Crippen molar-refractivity contribution in [2.24, 2.45) is 5.73 Å². The molecule has 1 unspecified atom stereocenters. The minimum Gasteiger partial charge on any atom is -0.497 e. The molecule has 3 heteroatoms. The summed E-state index contributed by atoms with van der Waals surface area (Å²) in [5.74, 6) is 0.705. The van der Waals surface area contributed by atoms with E-state index in [9.17, 15) is 4.39 Å². The summed E-state index contributed by atoms with van der Waals surface area (Å²) in [7, 11) is 1.57. The van der Waals surface area contributed by atoms with E-state index < -0.39 is 12.7 Å². The molecule has 0 fully saturated rings. The molecule has 0 bridgehead atoms. The average molecular weight is 169 g/mol. The lowest BCUT2D eigenvalue weighted by atomic mass is 10.1. The standard InChI is InChI=1S/C9H12FNO/c1-12-8-4-2-3-7(5-8)9(11)6-10/h2-5,9H,6,11H2,1H3. The second kappa shape index (κ2) is 4.07.